The maximum absolute atomic E-state index is 14.4. The van der Waals surface area contributed by atoms with Crippen LogP contribution in [-0.4, -0.2) is 9.97 Å². The number of fused-ring (bicyclic) bond motifs is 1. The van der Waals surface area contributed by atoms with Crippen LogP contribution < -0.4 is 5.69 Å². The van der Waals surface area contributed by atoms with Crippen LogP contribution in [0.1, 0.15) is 5.56 Å². The molecule has 0 bridgehead atoms. The van der Waals surface area contributed by atoms with Gasteiger partial charge in [-0.25, -0.2) is 9.18 Å². The molecule has 0 atom stereocenters. The van der Waals surface area contributed by atoms with E-state index in [9.17, 15) is 14.4 Å². The lowest BCUT2D eigenvalue weighted by Gasteiger charge is -2.15. The van der Waals surface area contributed by atoms with E-state index in [1.807, 2.05) is 30.3 Å². The smallest absolute Gasteiger partial charge is 0.306 e. The highest BCUT2D eigenvalue weighted by Gasteiger charge is 2.15. The number of nitriles is 1. The number of benzene rings is 3. The largest absolute Gasteiger partial charge is 0.323 e. The van der Waals surface area contributed by atoms with Crippen molar-refractivity contribution in [3.8, 4) is 28.3 Å². The van der Waals surface area contributed by atoms with E-state index >= 15 is 0 Å². The molecule has 1 heterocycles. The average Bonchev–Trinajstić information content (AvgIpc) is 3.01. The minimum absolute atomic E-state index is 0.208. The molecule has 0 radical (unpaired) electrons. The van der Waals surface area contributed by atoms with Crippen molar-refractivity contribution < 1.29 is 4.39 Å². The summed E-state index contributed by atoms with van der Waals surface area (Å²) in [6.07, 6.45) is 0.208. The molecule has 126 valence electrons. The van der Waals surface area contributed by atoms with Crippen LogP contribution in [0.25, 0.3) is 33.3 Å². The Kier molecular flexibility index (Phi) is 3.86. The fourth-order valence-electron chi connectivity index (χ4n) is 3.27. The van der Waals surface area contributed by atoms with Crippen LogP contribution in [0.15, 0.2) is 65.5 Å². The average molecular weight is 343 g/mol. The molecule has 0 aliphatic carbocycles. The summed E-state index contributed by atoms with van der Waals surface area (Å²) in [6.45, 7) is 0. The van der Waals surface area contributed by atoms with Crippen molar-refractivity contribution in [1.29, 1.82) is 5.26 Å². The Hall–Kier alpha value is -3.65. The van der Waals surface area contributed by atoms with Crippen LogP contribution in [0.2, 0.25) is 0 Å². The molecule has 0 saturated carbocycles. The van der Waals surface area contributed by atoms with E-state index in [0.29, 0.717) is 22.2 Å². The molecular weight excluding hydrogens is 329 g/mol. The zero-order chi connectivity index (χ0) is 18.1. The summed E-state index contributed by atoms with van der Waals surface area (Å²) < 4.78 is 14.4. The third kappa shape index (κ3) is 2.68. The van der Waals surface area contributed by atoms with Gasteiger partial charge < -0.3 is 9.97 Å². The van der Waals surface area contributed by atoms with Gasteiger partial charge in [-0.15, -0.1) is 0 Å². The van der Waals surface area contributed by atoms with Gasteiger partial charge in [-0.05, 0) is 40.5 Å². The van der Waals surface area contributed by atoms with E-state index in [2.05, 4.69) is 16.0 Å². The van der Waals surface area contributed by atoms with Gasteiger partial charge >= 0.3 is 5.69 Å². The lowest BCUT2D eigenvalue weighted by Crippen LogP contribution is -1.99. The number of aromatic nitrogens is 2. The highest BCUT2D eigenvalue weighted by molar-refractivity contribution is 5.90. The van der Waals surface area contributed by atoms with Crippen LogP contribution in [0.3, 0.4) is 0 Å². The molecule has 3 aromatic carbocycles. The number of aromatic amines is 2. The Morgan fingerprint density at radius 1 is 0.923 bits per heavy atom. The Labute approximate surface area is 148 Å². The van der Waals surface area contributed by atoms with Crippen molar-refractivity contribution in [1.82, 2.24) is 9.97 Å². The highest BCUT2D eigenvalue weighted by Crippen LogP contribution is 2.37. The molecular formula is C21H14FN3O. The Balaban J connectivity index is 2.02. The highest BCUT2D eigenvalue weighted by atomic mass is 19.1. The fraction of sp³-hybridized carbons (Fsp3) is 0.0476. The number of H-pyrrole nitrogens is 2. The second-order valence-electron chi connectivity index (χ2n) is 5.99. The van der Waals surface area contributed by atoms with Crippen molar-refractivity contribution in [2.45, 2.75) is 6.42 Å². The van der Waals surface area contributed by atoms with Gasteiger partial charge in [0.15, 0.2) is 0 Å². The summed E-state index contributed by atoms with van der Waals surface area (Å²) in [5.41, 5.74) is 4.70. The molecule has 0 fully saturated rings. The van der Waals surface area contributed by atoms with Gasteiger partial charge in [0.1, 0.15) is 5.82 Å². The lowest BCUT2D eigenvalue weighted by molar-refractivity contribution is 0.631. The minimum atomic E-state index is -0.320. The summed E-state index contributed by atoms with van der Waals surface area (Å²) in [4.78, 5) is 17.0. The Morgan fingerprint density at radius 3 is 2.50 bits per heavy atom. The molecule has 0 aliphatic heterocycles. The number of imidazole rings is 1. The molecule has 26 heavy (non-hydrogen) atoms. The quantitative estimate of drug-likeness (QED) is 0.579. The van der Waals surface area contributed by atoms with Gasteiger partial charge in [0.05, 0.1) is 23.5 Å². The van der Waals surface area contributed by atoms with Crippen molar-refractivity contribution in [3.63, 3.8) is 0 Å². The molecule has 1 aromatic heterocycles. The van der Waals surface area contributed by atoms with Crippen LogP contribution in [0, 0.1) is 17.1 Å². The van der Waals surface area contributed by atoms with Gasteiger partial charge in [0.25, 0.3) is 0 Å². The SMILES string of the molecule is N#CCc1cccc(-c2ccccc2F)c1-c1ccc2[nH]c(=O)[nH]c2c1. The van der Waals surface area contributed by atoms with E-state index in [1.54, 1.807) is 24.3 Å². The number of hydrogen-bond donors (Lipinski definition) is 2. The van der Waals surface area contributed by atoms with E-state index in [-0.39, 0.29) is 17.9 Å². The van der Waals surface area contributed by atoms with Crippen molar-refractivity contribution in [3.05, 3.63) is 82.5 Å². The first-order valence-electron chi connectivity index (χ1n) is 8.13. The second-order valence-corrected chi connectivity index (χ2v) is 5.99. The molecule has 0 spiro atoms. The third-order valence-electron chi connectivity index (χ3n) is 4.39. The predicted octanol–water partition coefficient (Wildman–Crippen LogP) is 4.40. The summed E-state index contributed by atoms with van der Waals surface area (Å²) in [7, 11) is 0. The Bertz CT molecular complexity index is 1210. The molecule has 0 amide bonds. The summed E-state index contributed by atoms with van der Waals surface area (Å²) in [5.74, 6) is -0.320. The van der Waals surface area contributed by atoms with Crippen LogP contribution in [-0.2, 0) is 6.42 Å². The van der Waals surface area contributed by atoms with E-state index < -0.39 is 0 Å². The molecule has 0 unspecified atom stereocenters. The van der Waals surface area contributed by atoms with E-state index in [0.717, 1.165) is 16.7 Å². The maximum Gasteiger partial charge on any atom is 0.323 e. The number of nitrogens with zero attached hydrogens (tertiary/aromatic N) is 1. The van der Waals surface area contributed by atoms with E-state index in [1.165, 1.54) is 6.07 Å². The minimum Gasteiger partial charge on any atom is -0.306 e. The first-order valence-corrected chi connectivity index (χ1v) is 8.13. The summed E-state index contributed by atoms with van der Waals surface area (Å²) >= 11 is 0. The van der Waals surface area contributed by atoms with Gasteiger partial charge in [-0.3, -0.25) is 0 Å². The summed E-state index contributed by atoms with van der Waals surface area (Å²) in [5, 5.41) is 9.21. The second kappa shape index (κ2) is 6.34. The molecule has 4 nitrogen and oxygen atoms in total. The zero-order valence-electron chi connectivity index (χ0n) is 13.7. The first-order chi connectivity index (χ1) is 12.7. The molecule has 4 rings (SSSR count). The van der Waals surface area contributed by atoms with Crippen molar-refractivity contribution in [2.75, 3.05) is 0 Å². The molecule has 0 saturated heterocycles. The number of rotatable bonds is 3. The first kappa shape index (κ1) is 15.9. The Morgan fingerprint density at radius 2 is 1.69 bits per heavy atom. The zero-order valence-corrected chi connectivity index (χ0v) is 13.7. The lowest BCUT2D eigenvalue weighted by atomic mass is 9.89. The fourth-order valence-corrected chi connectivity index (χ4v) is 3.27. The monoisotopic (exact) mass is 343 g/mol. The predicted molar refractivity (Wildman–Crippen MR) is 99.1 cm³/mol. The normalized spacial score (nSPS) is 10.8. The van der Waals surface area contributed by atoms with E-state index in [4.69, 9.17) is 0 Å². The van der Waals surface area contributed by atoms with Crippen LogP contribution in [0.4, 0.5) is 4.39 Å². The summed E-state index contributed by atoms with van der Waals surface area (Å²) in [6, 6.07) is 19.8. The van der Waals surface area contributed by atoms with Crippen LogP contribution in [0.5, 0.6) is 0 Å². The third-order valence-corrected chi connectivity index (χ3v) is 4.39. The topological polar surface area (TPSA) is 72.4 Å². The molecule has 2 N–H and O–H groups in total. The van der Waals surface area contributed by atoms with Gasteiger partial charge in [0, 0.05) is 5.56 Å². The van der Waals surface area contributed by atoms with Gasteiger partial charge in [-0.1, -0.05) is 42.5 Å². The van der Waals surface area contributed by atoms with Gasteiger partial charge in [-0.2, -0.15) is 5.26 Å². The van der Waals surface area contributed by atoms with Crippen molar-refractivity contribution in [2.24, 2.45) is 0 Å². The molecule has 5 heteroatoms. The number of halogens is 1. The standard InChI is InChI=1S/C21H14FN3O/c22-17-7-2-1-5-15(17)16-6-3-4-13(10-11-23)20(16)14-8-9-18-19(12-14)25-21(26)24-18/h1-9,12H,10H2,(H2,24,25,26). The number of nitrogens with one attached hydrogen (secondary N) is 2. The number of hydrogen-bond acceptors (Lipinski definition) is 2. The maximum atomic E-state index is 14.4. The molecule has 0 aliphatic rings. The van der Waals surface area contributed by atoms with Crippen LogP contribution >= 0.6 is 0 Å². The molecule has 4 aromatic rings. The van der Waals surface area contributed by atoms with Crippen molar-refractivity contribution >= 4 is 11.0 Å². The van der Waals surface area contributed by atoms with Gasteiger partial charge in [0.2, 0.25) is 0 Å².